The number of carbonyl (C=O) groups is 1. The van der Waals surface area contributed by atoms with Crippen molar-refractivity contribution in [2.45, 2.75) is 113 Å². The highest BCUT2D eigenvalue weighted by molar-refractivity contribution is 5.94. The molecular formula is C96H89F2N9O7. The van der Waals surface area contributed by atoms with Crippen LogP contribution < -0.4 is 23.7 Å². The molecule has 9 aromatic heterocycles. The Labute approximate surface area is 661 Å². The molecule has 9 heterocycles. The second-order valence-electron chi connectivity index (χ2n) is 29.4. The number of nitrogens with one attached hydrogen (secondary N) is 1. The molecule has 16 nitrogen and oxygen atoms in total. The molecule has 0 radical (unpaired) electrons. The number of aliphatic hydroxyl groups is 1. The van der Waals surface area contributed by atoms with Gasteiger partial charge in [0, 0.05) is 69.7 Å². The molecule has 17 aromatic rings. The zero-order chi connectivity index (χ0) is 79.7. The lowest BCUT2D eigenvalue weighted by Crippen LogP contribution is -2.14. The summed E-state index contributed by atoms with van der Waals surface area (Å²) in [7, 11) is 0. The summed E-state index contributed by atoms with van der Waals surface area (Å²) in [5.74, 6) is 3.66. The van der Waals surface area contributed by atoms with E-state index in [2.05, 4.69) is 146 Å². The first-order chi connectivity index (χ1) is 55.0. The largest absolute Gasteiger partial charge is 0.491 e. The van der Waals surface area contributed by atoms with Crippen LogP contribution >= 0.6 is 0 Å². The van der Waals surface area contributed by atoms with Gasteiger partial charge in [0.1, 0.15) is 51.3 Å². The fraction of sp³-hybridized carbons (Fsp3) is 0.177. The minimum atomic E-state index is -2.84. The number of halogens is 2. The molecule has 574 valence electrons. The maximum atomic E-state index is 12.4. The van der Waals surface area contributed by atoms with Crippen molar-refractivity contribution in [2.75, 3.05) is 0 Å². The van der Waals surface area contributed by atoms with E-state index in [-0.39, 0.29) is 35.9 Å². The second-order valence-corrected chi connectivity index (χ2v) is 29.4. The molecule has 18 heteroatoms. The average molecular weight is 1520 g/mol. The minimum Gasteiger partial charge on any atom is -0.491 e. The lowest BCUT2D eigenvalue weighted by molar-refractivity contribution is -0.0498. The van der Waals surface area contributed by atoms with Gasteiger partial charge < -0.3 is 33.8 Å². The van der Waals surface area contributed by atoms with Crippen LogP contribution in [0.4, 0.5) is 8.78 Å². The van der Waals surface area contributed by atoms with Crippen LogP contribution in [-0.4, -0.2) is 84.4 Å². The Morgan fingerprint density at radius 3 is 0.921 bits per heavy atom. The van der Waals surface area contributed by atoms with Crippen molar-refractivity contribution < 1.29 is 42.4 Å². The molecule has 0 atom stereocenters. The van der Waals surface area contributed by atoms with E-state index in [1.54, 1.807) is 39.1 Å². The standard InChI is InChI=1S/C25H26N2O2.C24H21N3O.C24H22N2O2.C23H20F2N2O2/c1-17(2)29-22-12-7-18(8-13-22)20-9-14-24-26-15-23(27(24)16-20)19-5-10-21(11-6-19)25(3,4)28;1-16(2)28-21-7-3-17(4-8-21)20-6-10-24-26-14-23(27(24)15-20)19-5-9-22-18(13-19)11-12-25-22;1-16(2)28-22-11-8-19(9-12-22)21-10-13-24-25-14-23(26(24)15-21)20-6-4-18(5-7-20)17(3)27;1-15(2)28-19-8-3-16(4-9-19)18-7-12-22-26-13-21(27(22)14-18)17-5-10-20(11-6-17)29-23(24)25/h5-17,28H,1-4H3;3-16,25H,1-2H3;4-16H,1-3H3;3-15,23H,1-2H3. The molecule has 0 aliphatic heterocycles. The van der Waals surface area contributed by atoms with Gasteiger partial charge in [0.15, 0.2) is 5.78 Å². The van der Waals surface area contributed by atoms with Gasteiger partial charge >= 0.3 is 6.61 Å². The molecule has 114 heavy (non-hydrogen) atoms. The summed E-state index contributed by atoms with van der Waals surface area (Å²) in [5.41, 5.74) is 22.3. The lowest BCUT2D eigenvalue weighted by atomic mass is 9.97. The van der Waals surface area contributed by atoms with Crippen LogP contribution in [-0.2, 0) is 5.60 Å². The third kappa shape index (κ3) is 18.4. The number of rotatable bonds is 20. The number of hydrogen-bond donors (Lipinski definition) is 2. The molecule has 0 amide bonds. The van der Waals surface area contributed by atoms with E-state index in [4.69, 9.17) is 18.9 Å². The molecule has 2 N–H and O–H groups in total. The Hall–Kier alpha value is -13.5. The Morgan fingerprint density at radius 1 is 0.351 bits per heavy atom. The van der Waals surface area contributed by atoms with Gasteiger partial charge in [-0.1, -0.05) is 103 Å². The molecule has 0 aliphatic carbocycles. The number of nitrogens with zero attached hydrogens (tertiary/aromatic N) is 8. The average Bonchev–Trinajstić information content (AvgIpc) is 1.64. The van der Waals surface area contributed by atoms with Crippen LogP contribution in [0.25, 0.3) is 123 Å². The van der Waals surface area contributed by atoms with Crippen molar-refractivity contribution in [1.82, 2.24) is 42.5 Å². The number of Topliss-reactive ketones (excluding diaryl/α,β-unsaturated/α-hetero) is 1. The second kappa shape index (κ2) is 34.0. The smallest absolute Gasteiger partial charge is 0.387 e. The van der Waals surface area contributed by atoms with Crippen LogP contribution in [0.3, 0.4) is 0 Å². The molecule has 0 bridgehead atoms. The Kier molecular flexibility index (Phi) is 23.1. The maximum Gasteiger partial charge on any atom is 0.387 e. The number of alkyl halides is 2. The summed E-state index contributed by atoms with van der Waals surface area (Å²) in [6.07, 6.45) is 18.4. The number of imidazole rings is 4. The number of carbonyl (C=O) groups excluding carboxylic acids is 1. The molecule has 17 rings (SSSR count). The molecule has 0 unspecified atom stereocenters. The van der Waals surface area contributed by atoms with E-state index in [0.717, 1.165) is 146 Å². The van der Waals surface area contributed by atoms with Crippen molar-refractivity contribution in [2.24, 2.45) is 0 Å². The van der Waals surface area contributed by atoms with Crippen molar-refractivity contribution in [3.05, 3.63) is 310 Å². The van der Waals surface area contributed by atoms with Gasteiger partial charge in [-0.25, -0.2) is 19.9 Å². The zero-order valence-corrected chi connectivity index (χ0v) is 65.4. The van der Waals surface area contributed by atoms with Crippen LogP contribution in [0.15, 0.2) is 298 Å². The fourth-order valence-corrected chi connectivity index (χ4v) is 13.4. The van der Waals surface area contributed by atoms with Crippen molar-refractivity contribution in [3.63, 3.8) is 0 Å². The van der Waals surface area contributed by atoms with Crippen LogP contribution in [0.5, 0.6) is 28.7 Å². The van der Waals surface area contributed by atoms with Crippen LogP contribution in [0, 0.1) is 0 Å². The maximum absolute atomic E-state index is 12.4. The zero-order valence-electron chi connectivity index (χ0n) is 65.4. The summed E-state index contributed by atoms with van der Waals surface area (Å²) in [6, 6.07) is 79.5. The van der Waals surface area contributed by atoms with E-state index < -0.39 is 12.2 Å². The van der Waals surface area contributed by atoms with Gasteiger partial charge in [-0.2, -0.15) is 8.78 Å². The van der Waals surface area contributed by atoms with Gasteiger partial charge in [0.25, 0.3) is 0 Å². The predicted octanol–water partition coefficient (Wildman–Crippen LogP) is 23.3. The van der Waals surface area contributed by atoms with E-state index in [1.165, 1.54) is 17.5 Å². The van der Waals surface area contributed by atoms with E-state index in [9.17, 15) is 18.7 Å². The van der Waals surface area contributed by atoms with Crippen LogP contribution in [0.2, 0.25) is 0 Å². The molecule has 0 fully saturated rings. The Balaban J connectivity index is 0.000000126. The quantitative estimate of drug-likeness (QED) is 0.0697. The molecule has 0 spiro atoms. The number of pyridine rings is 4. The Bertz CT molecular complexity index is 6120. The first-order valence-electron chi connectivity index (χ1n) is 38.0. The number of fused-ring (bicyclic) bond motifs is 5. The third-order valence-corrected chi connectivity index (χ3v) is 19.0. The summed E-state index contributed by atoms with van der Waals surface area (Å²) >= 11 is 0. The first-order valence-corrected chi connectivity index (χ1v) is 38.0. The predicted molar refractivity (Wildman–Crippen MR) is 451 cm³/mol. The number of benzene rings is 8. The number of aromatic nitrogens is 9. The molecule has 0 saturated heterocycles. The Morgan fingerprint density at radius 2 is 0.623 bits per heavy atom. The van der Waals surface area contributed by atoms with Crippen molar-refractivity contribution in [3.8, 4) is 118 Å². The summed E-state index contributed by atoms with van der Waals surface area (Å²) < 4.78 is 60.4. The normalized spacial score (nSPS) is 11.5. The topological polar surface area (TPSA) is 168 Å². The lowest BCUT2D eigenvalue weighted by Gasteiger charge is -2.17. The van der Waals surface area contributed by atoms with Crippen molar-refractivity contribution >= 4 is 39.3 Å². The van der Waals surface area contributed by atoms with Gasteiger partial charge in [-0.15, -0.1) is 0 Å². The first kappa shape index (κ1) is 77.3. The van der Waals surface area contributed by atoms with Gasteiger partial charge in [-0.05, 0) is 266 Å². The van der Waals surface area contributed by atoms with Gasteiger partial charge in [-0.3, -0.25) is 22.4 Å². The number of ether oxygens (including phenoxy) is 5. The van der Waals surface area contributed by atoms with Crippen molar-refractivity contribution in [1.29, 1.82) is 0 Å². The highest BCUT2D eigenvalue weighted by Crippen LogP contribution is 2.35. The van der Waals surface area contributed by atoms with E-state index in [0.29, 0.717) is 5.56 Å². The number of aromatic amines is 1. The van der Waals surface area contributed by atoms with Gasteiger partial charge in [0.2, 0.25) is 0 Å². The van der Waals surface area contributed by atoms with Crippen LogP contribution in [0.1, 0.15) is 92.1 Å². The summed E-state index contributed by atoms with van der Waals surface area (Å²) in [4.78, 5) is 32.8. The molecule has 0 aliphatic rings. The molecule has 8 aromatic carbocycles. The number of hydrogen-bond acceptors (Lipinski definition) is 11. The molecule has 0 saturated carbocycles. The SMILES string of the molecule is CC(=O)c1ccc(-c2cnc3ccc(-c4ccc(OC(C)C)cc4)cn23)cc1.CC(C)Oc1ccc(-c2ccc3ncc(-c4ccc(C(C)(C)O)cc4)n3c2)cc1.CC(C)Oc1ccc(-c2ccc3ncc(-c4ccc(OC(F)F)cc4)n3c2)cc1.CC(C)Oc1ccc(-c2ccc3ncc(-c4ccc5[nH]ccc5c4)n3c2)cc1. The highest BCUT2D eigenvalue weighted by Gasteiger charge is 2.19. The summed E-state index contributed by atoms with van der Waals surface area (Å²) in [5, 5.41) is 11.4. The monoisotopic (exact) mass is 1520 g/mol. The highest BCUT2D eigenvalue weighted by atomic mass is 19.3. The number of H-pyrrole nitrogens is 1. The number of ketones is 1. The van der Waals surface area contributed by atoms with E-state index in [1.807, 2.05) is 224 Å². The third-order valence-electron chi connectivity index (χ3n) is 19.0. The minimum absolute atomic E-state index is 0.0665. The summed E-state index contributed by atoms with van der Waals surface area (Å²) in [6.45, 7) is 18.5. The molecular weight excluding hydrogens is 1430 g/mol. The van der Waals surface area contributed by atoms with Gasteiger partial charge in [0.05, 0.1) is 77.6 Å². The fourth-order valence-electron chi connectivity index (χ4n) is 13.4. The van der Waals surface area contributed by atoms with E-state index >= 15 is 0 Å².